The first-order valence-corrected chi connectivity index (χ1v) is 8.39. The molecule has 1 saturated carbocycles. The Morgan fingerprint density at radius 3 is 2.56 bits per heavy atom. The van der Waals surface area contributed by atoms with E-state index in [0.29, 0.717) is 19.3 Å². The first-order valence-electron chi connectivity index (χ1n) is 8.39. The minimum Gasteiger partial charge on any atom is -0.393 e. The van der Waals surface area contributed by atoms with Gasteiger partial charge in [0, 0.05) is 17.5 Å². The fraction of sp³-hybridized carbons (Fsp3) is 0.238. The van der Waals surface area contributed by atoms with Crippen molar-refractivity contribution in [2.24, 2.45) is 0 Å². The average molecular weight is 330 g/mol. The van der Waals surface area contributed by atoms with E-state index in [1.807, 2.05) is 54.6 Å². The molecule has 1 fully saturated rings. The van der Waals surface area contributed by atoms with Crippen molar-refractivity contribution in [2.75, 3.05) is 0 Å². The van der Waals surface area contributed by atoms with E-state index >= 15 is 0 Å². The number of nitrogens with zero attached hydrogens (tertiary/aromatic N) is 1. The Kier molecular flexibility index (Phi) is 3.67. The summed E-state index contributed by atoms with van der Waals surface area (Å²) in [5.41, 5.74) is 2.90. The molecule has 0 spiro atoms. The highest BCUT2D eigenvalue weighted by Gasteiger charge is 2.45. The van der Waals surface area contributed by atoms with Crippen LogP contribution in [0.5, 0.6) is 0 Å². The van der Waals surface area contributed by atoms with Gasteiger partial charge in [-0.1, -0.05) is 42.5 Å². The van der Waals surface area contributed by atoms with Crippen molar-refractivity contribution >= 4 is 10.9 Å². The summed E-state index contributed by atoms with van der Waals surface area (Å²) in [6.45, 7) is 0. The molecular formula is C21H18N2O2. The zero-order chi connectivity index (χ0) is 17.4. The molecule has 3 aromatic rings. The molecule has 4 heteroatoms. The van der Waals surface area contributed by atoms with Crippen LogP contribution in [-0.2, 0) is 11.8 Å². The Morgan fingerprint density at radius 2 is 1.88 bits per heavy atom. The first kappa shape index (κ1) is 15.6. The molecule has 0 unspecified atom stereocenters. The highest BCUT2D eigenvalue weighted by molar-refractivity contribution is 5.78. The molecule has 0 aliphatic heterocycles. The fourth-order valence-corrected chi connectivity index (χ4v) is 3.62. The molecule has 124 valence electrons. The second kappa shape index (κ2) is 5.87. The van der Waals surface area contributed by atoms with Crippen LogP contribution in [0, 0.1) is 11.3 Å². The van der Waals surface area contributed by atoms with Gasteiger partial charge >= 0.3 is 0 Å². The van der Waals surface area contributed by atoms with E-state index in [4.69, 9.17) is 0 Å². The zero-order valence-electron chi connectivity index (χ0n) is 13.7. The monoisotopic (exact) mass is 330 g/mol. The van der Waals surface area contributed by atoms with Gasteiger partial charge in [0.25, 0.3) is 5.56 Å². The van der Waals surface area contributed by atoms with Crippen LogP contribution >= 0.6 is 0 Å². The maximum atomic E-state index is 12.3. The van der Waals surface area contributed by atoms with Crippen molar-refractivity contribution in [2.45, 2.75) is 30.8 Å². The molecule has 0 amide bonds. The highest BCUT2D eigenvalue weighted by atomic mass is 16.3. The van der Waals surface area contributed by atoms with E-state index in [1.165, 1.54) is 0 Å². The third kappa shape index (κ3) is 2.73. The maximum Gasteiger partial charge on any atom is 0.251 e. The second-order valence-electron chi connectivity index (χ2n) is 6.84. The predicted octanol–water partition coefficient (Wildman–Crippen LogP) is 3.03. The number of aromatic amines is 1. The van der Waals surface area contributed by atoms with Gasteiger partial charge < -0.3 is 10.1 Å². The molecule has 0 radical (unpaired) electrons. The number of H-pyrrole nitrogens is 1. The predicted molar refractivity (Wildman–Crippen MR) is 96.3 cm³/mol. The molecule has 0 saturated heterocycles. The average Bonchev–Trinajstić information content (AvgIpc) is 2.60. The Balaban J connectivity index is 1.61. The molecule has 25 heavy (non-hydrogen) atoms. The quantitative estimate of drug-likeness (QED) is 0.775. The Bertz CT molecular complexity index is 1020. The van der Waals surface area contributed by atoms with Crippen LogP contribution in [0.15, 0.2) is 59.4 Å². The SMILES string of the molecule is N#C[C@]1(c2ccc(Cc3cc4ccccc4[nH]c3=O)cc2)C[C@@H](O)C1. The van der Waals surface area contributed by atoms with Gasteiger partial charge in [0.05, 0.1) is 17.6 Å². The van der Waals surface area contributed by atoms with Crippen LogP contribution in [0.1, 0.15) is 29.5 Å². The summed E-state index contributed by atoms with van der Waals surface area (Å²) in [7, 11) is 0. The summed E-state index contributed by atoms with van der Waals surface area (Å²) >= 11 is 0. The highest BCUT2D eigenvalue weighted by Crippen LogP contribution is 2.43. The molecule has 4 nitrogen and oxygen atoms in total. The molecule has 2 aromatic carbocycles. The molecule has 2 N–H and O–H groups in total. The lowest BCUT2D eigenvalue weighted by Crippen LogP contribution is -2.43. The summed E-state index contributed by atoms with van der Waals surface area (Å²) < 4.78 is 0. The molecule has 1 aliphatic rings. The number of rotatable bonds is 3. The van der Waals surface area contributed by atoms with Crippen LogP contribution in [-0.4, -0.2) is 16.2 Å². The molecule has 1 heterocycles. The van der Waals surface area contributed by atoms with Crippen molar-refractivity contribution < 1.29 is 5.11 Å². The Hall–Kier alpha value is -2.90. The van der Waals surface area contributed by atoms with Crippen LogP contribution in [0.2, 0.25) is 0 Å². The molecule has 1 aliphatic carbocycles. The fourth-order valence-electron chi connectivity index (χ4n) is 3.62. The third-order valence-corrected chi connectivity index (χ3v) is 5.11. The van der Waals surface area contributed by atoms with E-state index in [2.05, 4.69) is 11.1 Å². The molecular weight excluding hydrogens is 312 g/mol. The van der Waals surface area contributed by atoms with Gasteiger partial charge in [0.2, 0.25) is 0 Å². The van der Waals surface area contributed by atoms with Crippen molar-refractivity contribution in [3.8, 4) is 6.07 Å². The van der Waals surface area contributed by atoms with Gasteiger partial charge in [-0.15, -0.1) is 0 Å². The van der Waals surface area contributed by atoms with Crippen molar-refractivity contribution in [1.82, 2.24) is 4.98 Å². The van der Waals surface area contributed by atoms with Crippen LogP contribution in [0.3, 0.4) is 0 Å². The second-order valence-corrected chi connectivity index (χ2v) is 6.84. The van der Waals surface area contributed by atoms with E-state index in [0.717, 1.165) is 27.6 Å². The van der Waals surface area contributed by atoms with Gasteiger partial charge in [-0.05, 0) is 41.5 Å². The number of para-hydroxylation sites is 1. The number of aromatic nitrogens is 1. The van der Waals surface area contributed by atoms with Crippen molar-refractivity contribution in [3.05, 3.63) is 81.6 Å². The van der Waals surface area contributed by atoms with E-state index in [9.17, 15) is 15.2 Å². The largest absolute Gasteiger partial charge is 0.393 e. The third-order valence-electron chi connectivity index (χ3n) is 5.11. The number of nitriles is 1. The van der Waals surface area contributed by atoms with E-state index < -0.39 is 5.41 Å². The number of hydrogen-bond donors (Lipinski definition) is 2. The van der Waals surface area contributed by atoms with Crippen molar-refractivity contribution in [3.63, 3.8) is 0 Å². The standard InChI is InChI=1S/C21H18N2O2/c22-13-21(11-18(24)12-21)17-7-5-14(6-8-17)9-16-10-15-3-1-2-4-19(15)23-20(16)25/h1-8,10,18,24H,9,11-12H2,(H,23,25)/t18-,21+. The van der Waals surface area contributed by atoms with E-state index in [1.54, 1.807) is 0 Å². The van der Waals surface area contributed by atoms with Crippen LogP contribution < -0.4 is 5.56 Å². The molecule has 1 aromatic heterocycles. The summed E-state index contributed by atoms with van der Waals surface area (Å²) in [5, 5.41) is 20.0. The number of pyridine rings is 1. The van der Waals surface area contributed by atoms with Gasteiger partial charge in [-0.3, -0.25) is 4.79 Å². The minimum atomic E-state index is -0.557. The topological polar surface area (TPSA) is 76.9 Å². The van der Waals surface area contributed by atoms with E-state index in [-0.39, 0.29) is 11.7 Å². The molecule has 4 rings (SSSR count). The smallest absolute Gasteiger partial charge is 0.251 e. The van der Waals surface area contributed by atoms with Gasteiger partial charge in [0.15, 0.2) is 0 Å². The van der Waals surface area contributed by atoms with Crippen LogP contribution in [0.25, 0.3) is 10.9 Å². The number of benzene rings is 2. The Labute approximate surface area is 145 Å². The Morgan fingerprint density at radius 1 is 1.16 bits per heavy atom. The minimum absolute atomic E-state index is 0.0709. The number of aliphatic hydroxyl groups is 1. The zero-order valence-corrected chi connectivity index (χ0v) is 13.7. The summed E-state index contributed by atoms with van der Waals surface area (Å²) in [4.78, 5) is 15.2. The lowest BCUT2D eigenvalue weighted by molar-refractivity contribution is 0.0447. The van der Waals surface area contributed by atoms with Gasteiger partial charge in [-0.2, -0.15) is 5.26 Å². The molecule has 0 atom stereocenters. The van der Waals surface area contributed by atoms with Gasteiger partial charge in [-0.25, -0.2) is 0 Å². The lowest BCUT2D eigenvalue weighted by atomic mass is 9.64. The summed E-state index contributed by atoms with van der Waals surface area (Å²) in [6.07, 6.45) is 1.15. The number of nitrogens with one attached hydrogen (secondary N) is 1. The van der Waals surface area contributed by atoms with Gasteiger partial charge in [0.1, 0.15) is 0 Å². The van der Waals surface area contributed by atoms with Crippen LogP contribution in [0.4, 0.5) is 0 Å². The van der Waals surface area contributed by atoms with Crippen molar-refractivity contribution in [1.29, 1.82) is 5.26 Å². The summed E-state index contributed by atoms with van der Waals surface area (Å²) in [6, 6.07) is 19.8. The summed E-state index contributed by atoms with van der Waals surface area (Å²) in [5.74, 6) is 0. The molecule has 0 bridgehead atoms. The number of hydrogen-bond acceptors (Lipinski definition) is 3. The first-order chi connectivity index (χ1) is 12.1. The number of aliphatic hydroxyl groups excluding tert-OH is 1. The normalized spacial score (nSPS) is 22.3. The maximum absolute atomic E-state index is 12.3. The lowest BCUT2D eigenvalue weighted by Gasteiger charge is -2.40. The number of fused-ring (bicyclic) bond motifs is 1.